The van der Waals surface area contributed by atoms with Crippen molar-refractivity contribution in [3.05, 3.63) is 41.5 Å². The van der Waals surface area contributed by atoms with Gasteiger partial charge in [-0.2, -0.15) is 4.98 Å². The number of benzene rings is 1. The summed E-state index contributed by atoms with van der Waals surface area (Å²) < 4.78 is 10.6. The van der Waals surface area contributed by atoms with E-state index in [1.807, 2.05) is 31.2 Å². The largest absolute Gasteiger partial charge is 0.497 e. The molecular weight excluding hydrogens is 318 g/mol. The lowest BCUT2D eigenvalue weighted by molar-refractivity contribution is -0.0278. The molecule has 136 valence electrons. The maximum Gasteiger partial charge on any atom is 0.240 e. The zero-order valence-corrected chi connectivity index (χ0v) is 15.2. The molecule has 6 heteroatoms. The highest BCUT2D eigenvalue weighted by molar-refractivity contribution is 5.31. The van der Waals surface area contributed by atoms with Crippen molar-refractivity contribution >= 4 is 0 Å². The maximum atomic E-state index is 11.2. The van der Waals surface area contributed by atoms with E-state index in [0.29, 0.717) is 12.4 Å². The Morgan fingerprint density at radius 1 is 1.36 bits per heavy atom. The Hall–Kier alpha value is -1.92. The lowest BCUT2D eigenvalue weighted by Crippen LogP contribution is -2.45. The van der Waals surface area contributed by atoms with E-state index in [9.17, 15) is 5.11 Å². The van der Waals surface area contributed by atoms with Gasteiger partial charge in [-0.1, -0.05) is 24.2 Å². The van der Waals surface area contributed by atoms with Gasteiger partial charge in [0.15, 0.2) is 5.82 Å². The van der Waals surface area contributed by atoms with E-state index >= 15 is 0 Å². The smallest absolute Gasteiger partial charge is 0.240 e. The highest BCUT2D eigenvalue weighted by Gasteiger charge is 2.41. The summed E-state index contributed by atoms with van der Waals surface area (Å²) in [6.45, 7) is 5.48. The third kappa shape index (κ3) is 3.85. The van der Waals surface area contributed by atoms with Gasteiger partial charge in [0.05, 0.1) is 13.7 Å². The van der Waals surface area contributed by atoms with E-state index in [-0.39, 0.29) is 6.04 Å². The number of ether oxygens (including phenoxy) is 1. The number of likely N-dealkylation sites (tertiary alicyclic amines) is 1. The van der Waals surface area contributed by atoms with Crippen LogP contribution in [0, 0.1) is 0 Å². The summed E-state index contributed by atoms with van der Waals surface area (Å²) in [4.78, 5) is 6.70. The van der Waals surface area contributed by atoms with Gasteiger partial charge < -0.3 is 14.4 Å². The van der Waals surface area contributed by atoms with Crippen LogP contribution in [-0.4, -0.2) is 39.8 Å². The number of aromatic nitrogens is 2. The van der Waals surface area contributed by atoms with Crippen molar-refractivity contribution in [1.82, 2.24) is 15.0 Å². The number of hydrogen-bond acceptors (Lipinski definition) is 6. The normalized spacial score (nSPS) is 20.6. The molecule has 1 aromatic carbocycles. The topological polar surface area (TPSA) is 71.6 Å². The van der Waals surface area contributed by atoms with Gasteiger partial charge in [0, 0.05) is 12.5 Å². The second-order valence-corrected chi connectivity index (χ2v) is 6.86. The molecule has 0 bridgehead atoms. The quantitative estimate of drug-likeness (QED) is 0.832. The highest BCUT2D eigenvalue weighted by atomic mass is 16.5. The maximum absolute atomic E-state index is 11.2. The average molecular weight is 345 g/mol. The van der Waals surface area contributed by atoms with Crippen LogP contribution in [0.1, 0.15) is 50.4 Å². The summed E-state index contributed by atoms with van der Waals surface area (Å²) in [5.74, 6) is 2.17. The standard InChI is InChI=1S/C19H27N3O3/c1-4-6-17-20-18(25-21-17)13-22-12-5-7-16(22)19(2,23)14-8-10-15(24-3)11-9-14/h8-11,16,23H,4-7,12-13H2,1-3H3/t16-,19-/m1/s1. The summed E-state index contributed by atoms with van der Waals surface area (Å²) >= 11 is 0. The molecule has 1 fully saturated rings. The minimum Gasteiger partial charge on any atom is -0.497 e. The fraction of sp³-hybridized carbons (Fsp3) is 0.579. The van der Waals surface area contributed by atoms with Crippen LogP contribution in [0.15, 0.2) is 28.8 Å². The molecule has 0 saturated carbocycles. The number of nitrogens with zero attached hydrogens (tertiary/aromatic N) is 3. The van der Waals surface area contributed by atoms with Crippen LogP contribution in [0.3, 0.4) is 0 Å². The van der Waals surface area contributed by atoms with Crippen molar-refractivity contribution in [2.75, 3.05) is 13.7 Å². The molecule has 2 atom stereocenters. The third-order valence-electron chi connectivity index (χ3n) is 5.01. The first-order valence-corrected chi connectivity index (χ1v) is 8.97. The summed E-state index contributed by atoms with van der Waals surface area (Å²) in [6.07, 6.45) is 3.82. The molecule has 3 rings (SSSR count). The molecule has 1 aromatic heterocycles. The molecule has 6 nitrogen and oxygen atoms in total. The van der Waals surface area contributed by atoms with Gasteiger partial charge in [-0.15, -0.1) is 0 Å². The summed E-state index contributed by atoms with van der Waals surface area (Å²) in [5.41, 5.74) is -0.0583. The molecule has 1 aliphatic heterocycles. The monoisotopic (exact) mass is 345 g/mol. The van der Waals surface area contributed by atoms with Gasteiger partial charge in [-0.05, 0) is 50.4 Å². The van der Waals surface area contributed by atoms with Crippen LogP contribution in [0.25, 0.3) is 0 Å². The van der Waals surface area contributed by atoms with Crippen LogP contribution < -0.4 is 4.74 Å². The lowest BCUT2D eigenvalue weighted by atomic mass is 9.86. The molecule has 2 aromatic rings. The van der Waals surface area contributed by atoms with Crippen molar-refractivity contribution in [3.63, 3.8) is 0 Å². The average Bonchev–Trinajstić information content (AvgIpc) is 3.25. The number of hydrogen-bond donors (Lipinski definition) is 1. The third-order valence-corrected chi connectivity index (χ3v) is 5.01. The van der Waals surface area contributed by atoms with Crippen LogP contribution in [-0.2, 0) is 18.6 Å². The summed E-state index contributed by atoms with van der Waals surface area (Å²) in [5, 5.41) is 15.3. The number of aryl methyl sites for hydroxylation is 1. The van der Waals surface area contributed by atoms with Gasteiger partial charge >= 0.3 is 0 Å². The molecule has 1 aliphatic rings. The number of methoxy groups -OCH3 is 1. The number of aliphatic hydroxyl groups is 1. The summed E-state index contributed by atoms with van der Waals surface area (Å²) in [7, 11) is 1.64. The Morgan fingerprint density at radius 3 is 2.80 bits per heavy atom. The van der Waals surface area contributed by atoms with Gasteiger partial charge in [-0.3, -0.25) is 4.90 Å². The van der Waals surface area contributed by atoms with E-state index in [0.717, 1.165) is 49.4 Å². The fourth-order valence-corrected chi connectivity index (χ4v) is 3.63. The zero-order valence-electron chi connectivity index (χ0n) is 15.2. The molecule has 0 spiro atoms. The van der Waals surface area contributed by atoms with Crippen LogP contribution in [0.4, 0.5) is 0 Å². The Labute approximate surface area is 148 Å². The highest BCUT2D eigenvalue weighted by Crippen LogP contribution is 2.36. The molecule has 1 N–H and O–H groups in total. The van der Waals surface area contributed by atoms with Crippen molar-refractivity contribution in [2.45, 2.75) is 57.7 Å². The first-order chi connectivity index (χ1) is 12.0. The van der Waals surface area contributed by atoms with Crippen molar-refractivity contribution in [1.29, 1.82) is 0 Å². The first-order valence-electron chi connectivity index (χ1n) is 8.97. The molecule has 0 aliphatic carbocycles. The molecule has 0 radical (unpaired) electrons. The van der Waals surface area contributed by atoms with E-state index in [1.165, 1.54) is 0 Å². The Kier molecular flexibility index (Phi) is 5.39. The van der Waals surface area contributed by atoms with Crippen LogP contribution >= 0.6 is 0 Å². The second-order valence-electron chi connectivity index (χ2n) is 6.86. The Morgan fingerprint density at radius 2 is 2.12 bits per heavy atom. The Balaban J connectivity index is 1.74. The van der Waals surface area contributed by atoms with E-state index in [2.05, 4.69) is 22.0 Å². The number of rotatable bonds is 7. The Bertz CT molecular complexity index is 681. The lowest BCUT2D eigenvalue weighted by Gasteiger charge is -2.36. The minimum absolute atomic E-state index is 0.0161. The van der Waals surface area contributed by atoms with E-state index in [4.69, 9.17) is 9.26 Å². The second kappa shape index (κ2) is 7.54. The predicted molar refractivity (Wildman–Crippen MR) is 94.3 cm³/mol. The first kappa shape index (κ1) is 17.9. The van der Waals surface area contributed by atoms with Gasteiger partial charge in [0.2, 0.25) is 5.89 Å². The van der Waals surface area contributed by atoms with Crippen LogP contribution in [0.2, 0.25) is 0 Å². The van der Waals surface area contributed by atoms with Gasteiger partial charge in [-0.25, -0.2) is 0 Å². The minimum atomic E-state index is -0.949. The zero-order chi connectivity index (χ0) is 17.9. The predicted octanol–water partition coefficient (Wildman–Crippen LogP) is 2.90. The van der Waals surface area contributed by atoms with Crippen molar-refractivity contribution in [2.24, 2.45) is 0 Å². The molecular formula is C19H27N3O3. The van der Waals surface area contributed by atoms with Gasteiger partial charge in [0.1, 0.15) is 11.4 Å². The van der Waals surface area contributed by atoms with Crippen molar-refractivity contribution in [3.8, 4) is 5.75 Å². The van der Waals surface area contributed by atoms with Crippen LogP contribution in [0.5, 0.6) is 5.75 Å². The van der Waals surface area contributed by atoms with Crippen molar-refractivity contribution < 1.29 is 14.4 Å². The molecule has 1 saturated heterocycles. The molecule has 0 amide bonds. The molecule has 25 heavy (non-hydrogen) atoms. The molecule has 2 heterocycles. The van der Waals surface area contributed by atoms with Gasteiger partial charge in [0.25, 0.3) is 0 Å². The molecule has 0 unspecified atom stereocenters. The summed E-state index contributed by atoms with van der Waals surface area (Å²) in [6, 6.07) is 7.65. The van der Waals surface area contributed by atoms with E-state index in [1.54, 1.807) is 7.11 Å². The fourth-order valence-electron chi connectivity index (χ4n) is 3.63. The van der Waals surface area contributed by atoms with E-state index < -0.39 is 5.60 Å². The SMILES string of the molecule is CCCc1noc(CN2CCC[C@@H]2[C@](C)(O)c2ccc(OC)cc2)n1.